The molecule has 3 heterocycles. The summed E-state index contributed by atoms with van der Waals surface area (Å²) in [6, 6.07) is 4.81. The first-order valence-electron chi connectivity index (χ1n) is 14.3. The van der Waals surface area contributed by atoms with Crippen molar-refractivity contribution in [3.8, 4) is 0 Å². The van der Waals surface area contributed by atoms with Gasteiger partial charge in [0.05, 0.1) is 5.56 Å². The molecular weight excluding hydrogens is 524 g/mol. The van der Waals surface area contributed by atoms with Crippen molar-refractivity contribution in [1.29, 1.82) is 0 Å². The van der Waals surface area contributed by atoms with Gasteiger partial charge in [0.15, 0.2) is 0 Å². The molecule has 1 fully saturated rings. The van der Waals surface area contributed by atoms with Crippen molar-refractivity contribution in [2.24, 2.45) is 0 Å². The highest BCUT2D eigenvalue weighted by Gasteiger charge is 2.44. The molecule has 1 aromatic carbocycles. The van der Waals surface area contributed by atoms with E-state index in [1.807, 2.05) is 7.05 Å². The smallest absolute Gasteiger partial charge is 0.419 e. The molecule has 220 valence electrons. The van der Waals surface area contributed by atoms with Crippen LogP contribution in [0.25, 0.3) is 0 Å². The number of likely N-dealkylation sites (N-methyl/N-ethyl adjacent to an activating group) is 1. The lowest BCUT2D eigenvalue weighted by Crippen LogP contribution is -2.39. The zero-order valence-corrected chi connectivity index (χ0v) is 23.5. The summed E-state index contributed by atoms with van der Waals surface area (Å²) in [4.78, 5) is 20.8. The summed E-state index contributed by atoms with van der Waals surface area (Å²) in [6.45, 7) is 5.89. The normalized spacial score (nSPS) is 18.7. The number of unbranched alkanes of at least 4 members (excludes halogenated alkanes) is 2. The molecule has 0 amide bonds. The topological polar surface area (TPSA) is 68.7 Å². The van der Waals surface area contributed by atoms with Crippen LogP contribution >= 0.6 is 0 Å². The van der Waals surface area contributed by atoms with Gasteiger partial charge in [-0.1, -0.05) is 32.4 Å². The number of pyridine rings is 1. The number of carboxylic acid groups (broad SMARTS) is 1. The molecule has 2 N–H and O–H groups in total. The summed E-state index contributed by atoms with van der Waals surface area (Å²) in [5.41, 5.74) is 0.716. The van der Waals surface area contributed by atoms with Crippen molar-refractivity contribution in [3.63, 3.8) is 0 Å². The van der Waals surface area contributed by atoms with Crippen LogP contribution in [0.5, 0.6) is 0 Å². The summed E-state index contributed by atoms with van der Waals surface area (Å²) in [5, 5.41) is 13.4. The Morgan fingerprint density at radius 1 is 1.23 bits per heavy atom. The van der Waals surface area contributed by atoms with Crippen molar-refractivity contribution >= 4 is 11.8 Å². The van der Waals surface area contributed by atoms with Gasteiger partial charge in [-0.15, -0.1) is 0 Å². The number of halogens is 4. The number of aromatic nitrogens is 1. The predicted molar refractivity (Wildman–Crippen MR) is 147 cm³/mol. The lowest BCUT2D eigenvalue weighted by Gasteiger charge is -2.29. The third-order valence-electron chi connectivity index (χ3n) is 8.20. The molecule has 2 aliphatic heterocycles. The number of nitrogens with zero attached hydrogens (tertiary/aromatic N) is 3. The van der Waals surface area contributed by atoms with E-state index in [0.717, 1.165) is 69.2 Å². The summed E-state index contributed by atoms with van der Waals surface area (Å²) < 4.78 is 56.3. The van der Waals surface area contributed by atoms with Gasteiger partial charge in [0.2, 0.25) is 0 Å². The Kier molecular flexibility index (Phi) is 9.72. The molecule has 0 bridgehead atoms. The highest BCUT2D eigenvalue weighted by Crippen LogP contribution is 2.41. The fourth-order valence-electron chi connectivity index (χ4n) is 5.88. The fraction of sp³-hybridized carbons (Fsp3) is 0.600. The van der Waals surface area contributed by atoms with Crippen LogP contribution in [0.3, 0.4) is 0 Å². The minimum absolute atomic E-state index is 0.0164. The van der Waals surface area contributed by atoms with Crippen LogP contribution in [-0.2, 0) is 23.8 Å². The van der Waals surface area contributed by atoms with E-state index in [1.54, 1.807) is 18.7 Å². The Morgan fingerprint density at radius 3 is 2.70 bits per heavy atom. The van der Waals surface area contributed by atoms with E-state index in [0.29, 0.717) is 25.1 Å². The predicted octanol–water partition coefficient (Wildman–Crippen LogP) is 6.27. The van der Waals surface area contributed by atoms with E-state index in [1.165, 1.54) is 11.6 Å². The van der Waals surface area contributed by atoms with Crippen LogP contribution in [-0.4, -0.2) is 65.1 Å². The Labute approximate surface area is 233 Å². The third kappa shape index (κ3) is 7.13. The fourth-order valence-corrected chi connectivity index (χ4v) is 5.88. The van der Waals surface area contributed by atoms with Crippen LogP contribution in [0.4, 0.5) is 23.4 Å². The summed E-state index contributed by atoms with van der Waals surface area (Å²) in [5.74, 6) is -2.06. The van der Waals surface area contributed by atoms with Crippen LogP contribution in [0.2, 0.25) is 0 Å². The maximum atomic E-state index is 14.7. The average Bonchev–Trinajstić information content (AvgIpc) is 3.36. The first-order chi connectivity index (χ1) is 19.0. The van der Waals surface area contributed by atoms with E-state index in [-0.39, 0.29) is 12.0 Å². The second-order valence-corrected chi connectivity index (χ2v) is 11.4. The number of hydrogen-bond donors (Lipinski definition) is 2. The standard InChI is InChI=1S/C30H40F4N4O2/c1-19(2)21-16-24(26(25(31)17-21)30(32,33)34)27(29(39)40)38-15-12-23(18-38)37(3)14-6-4-5-9-22-11-10-20-8-7-13-35-28(20)36-22/h10-11,16-17,19,23,27H,4-9,12-15,18H2,1-3H3,(H,35,36)(H,39,40)/t23-,27-/m1/s1. The van der Waals surface area contributed by atoms with Crippen LogP contribution < -0.4 is 5.32 Å². The quantitative estimate of drug-likeness (QED) is 0.248. The number of alkyl halides is 3. The zero-order chi connectivity index (χ0) is 29.0. The molecule has 0 saturated carbocycles. The molecule has 2 aliphatic rings. The van der Waals surface area contributed by atoms with E-state index in [4.69, 9.17) is 4.98 Å². The molecule has 0 spiro atoms. The van der Waals surface area contributed by atoms with Gasteiger partial charge in [-0.3, -0.25) is 9.69 Å². The first-order valence-corrected chi connectivity index (χ1v) is 14.3. The van der Waals surface area contributed by atoms with Crippen molar-refractivity contribution in [1.82, 2.24) is 14.8 Å². The molecule has 0 radical (unpaired) electrons. The second-order valence-electron chi connectivity index (χ2n) is 11.4. The lowest BCUT2D eigenvalue weighted by molar-refractivity contribution is -0.146. The maximum absolute atomic E-state index is 14.7. The molecule has 40 heavy (non-hydrogen) atoms. The van der Waals surface area contributed by atoms with Gasteiger partial charge >= 0.3 is 12.1 Å². The summed E-state index contributed by atoms with van der Waals surface area (Å²) in [7, 11) is 1.97. The number of carbonyl (C=O) groups is 1. The van der Waals surface area contributed by atoms with Crippen molar-refractivity contribution in [2.75, 3.05) is 38.5 Å². The monoisotopic (exact) mass is 564 g/mol. The molecule has 2 aromatic rings. The number of aryl methyl sites for hydroxylation is 2. The largest absolute Gasteiger partial charge is 0.480 e. The van der Waals surface area contributed by atoms with Gasteiger partial charge in [0.25, 0.3) is 0 Å². The zero-order valence-electron chi connectivity index (χ0n) is 23.5. The van der Waals surface area contributed by atoms with Crippen LogP contribution in [0.15, 0.2) is 24.3 Å². The number of nitrogens with one attached hydrogen (secondary N) is 1. The Bertz CT molecular complexity index is 1190. The minimum atomic E-state index is -5.00. The number of benzene rings is 1. The number of aliphatic carboxylic acids is 1. The molecule has 1 saturated heterocycles. The number of fused-ring (bicyclic) bond motifs is 1. The molecule has 10 heteroatoms. The molecule has 0 aliphatic carbocycles. The van der Waals surface area contributed by atoms with E-state index in [2.05, 4.69) is 22.3 Å². The van der Waals surface area contributed by atoms with Gasteiger partial charge in [-0.2, -0.15) is 13.2 Å². The molecule has 0 unspecified atom stereocenters. The molecule has 1 aromatic heterocycles. The van der Waals surface area contributed by atoms with Gasteiger partial charge in [0, 0.05) is 31.4 Å². The lowest BCUT2D eigenvalue weighted by atomic mass is 9.92. The molecule has 6 nitrogen and oxygen atoms in total. The van der Waals surface area contributed by atoms with E-state index in [9.17, 15) is 27.5 Å². The SMILES string of the molecule is CC(C)c1cc(F)c(C(F)(F)F)c([C@H](C(=O)O)N2CC[C@@H](N(C)CCCCCc3ccc4c(n3)NCCC4)C2)c1. The number of rotatable bonds is 11. The number of hydrogen-bond acceptors (Lipinski definition) is 5. The molecular formula is C30H40F4N4O2. The average molecular weight is 565 g/mol. The number of likely N-dealkylation sites (tertiary alicyclic amines) is 1. The van der Waals surface area contributed by atoms with Gasteiger partial charge in [0.1, 0.15) is 17.7 Å². The molecule has 4 rings (SSSR count). The van der Waals surface area contributed by atoms with Gasteiger partial charge in [-0.05, 0) is 86.9 Å². The highest BCUT2D eigenvalue weighted by molar-refractivity contribution is 5.76. The van der Waals surface area contributed by atoms with Gasteiger partial charge < -0.3 is 15.3 Å². The van der Waals surface area contributed by atoms with Crippen LogP contribution in [0, 0.1) is 5.82 Å². The minimum Gasteiger partial charge on any atom is -0.480 e. The third-order valence-corrected chi connectivity index (χ3v) is 8.20. The second kappa shape index (κ2) is 12.9. The van der Waals surface area contributed by atoms with Crippen molar-refractivity contribution in [3.05, 3.63) is 58.0 Å². The van der Waals surface area contributed by atoms with E-state index < -0.39 is 35.1 Å². The first kappa shape index (κ1) is 30.2. The van der Waals surface area contributed by atoms with Crippen molar-refractivity contribution < 1.29 is 27.5 Å². The number of carboxylic acids is 1. The maximum Gasteiger partial charge on any atom is 0.419 e. The van der Waals surface area contributed by atoms with Crippen LogP contribution in [0.1, 0.15) is 85.9 Å². The molecule has 2 atom stereocenters. The Morgan fingerprint density at radius 2 is 2.00 bits per heavy atom. The summed E-state index contributed by atoms with van der Waals surface area (Å²) in [6.07, 6.45) is 1.73. The van der Waals surface area contributed by atoms with Crippen molar-refractivity contribution in [2.45, 2.75) is 83.0 Å². The number of anilines is 1. The van der Waals surface area contributed by atoms with E-state index >= 15 is 0 Å². The Hall–Kier alpha value is -2.72. The Balaban J connectivity index is 1.34. The highest BCUT2D eigenvalue weighted by atomic mass is 19.4. The summed E-state index contributed by atoms with van der Waals surface area (Å²) >= 11 is 0. The van der Waals surface area contributed by atoms with Gasteiger partial charge in [-0.25, -0.2) is 9.37 Å².